The summed E-state index contributed by atoms with van der Waals surface area (Å²) in [5.74, 6) is 0.703. The molecular formula is C34H25FN6O2. The highest BCUT2D eigenvalue weighted by Crippen LogP contribution is 2.33. The fourth-order valence-electron chi connectivity index (χ4n) is 5.13. The van der Waals surface area contributed by atoms with Gasteiger partial charge in [0.15, 0.2) is 0 Å². The zero-order chi connectivity index (χ0) is 29.2. The van der Waals surface area contributed by atoms with E-state index < -0.39 is 0 Å². The van der Waals surface area contributed by atoms with E-state index >= 15 is 0 Å². The maximum atomic E-state index is 14.4. The first-order valence-corrected chi connectivity index (χ1v) is 13.6. The van der Waals surface area contributed by atoms with Crippen molar-refractivity contribution in [1.29, 1.82) is 0 Å². The lowest BCUT2D eigenvalue weighted by molar-refractivity contribution is 0.305. The normalized spacial score (nSPS) is 12.5. The lowest BCUT2D eigenvalue weighted by atomic mass is 9.99. The molecule has 2 aromatic carbocycles. The zero-order valence-corrected chi connectivity index (χ0v) is 23.2. The van der Waals surface area contributed by atoms with E-state index in [4.69, 9.17) is 19.5 Å². The first kappa shape index (κ1) is 26.2. The largest absolute Gasteiger partial charge is 0.497 e. The van der Waals surface area contributed by atoms with Crippen LogP contribution in [0.3, 0.4) is 0 Å². The van der Waals surface area contributed by atoms with Gasteiger partial charge < -0.3 is 14.5 Å². The number of fused-ring (bicyclic) bond motifs is 2. The van der Waals surface area contributed by atoms with Crippen LogP contribution in [-0.4, -0.2) is 39.1 Å². The predicted molar refractivity (Wildman–Crippen MR) is 164 cm³/mol. The number of nitrogens with one attached hydrogen (secondary N) is 1. The van der Waals surface area contributed by atoms with Gasteiger partial charge in [0.1, 0.15) is 30.3 Å². The minimum Gasteiger partial charge on any atom is -0.497 e. The molecule has 0 atom stereocenters. The number of nitrogens with zero attached hydrogens (tertiary/aromatic N) is 5. The third-order valence-corrected chi connectivity index (χ3v) is 7.25. The molecule has 1 N–H and O–H groups in total. The van der Waals surface area contributed by atoms with E-state index in [0.717, 1.165) is 50.1 Å². The molecule has 7 rings (SSSR count). The fourth-order valence-corrected chi connectivity index (χ4v) is 5.13. The van der Waals surface area contributed by atoms with Crippen molar-refractivity contribution in [3.05, 3.63) is 126 Å². The van der Waals surface area contributed by atoms with E-state index in [1.807, 2.05) is 54.7 Å². The predicted octanol–water partition coefficient (Wildman–Crippen LogP) is 6.79. The number of benzene rings is 2. The number of methoxy groups -OCH3 is 1. The Morgan fingerprint density at radius 3 is 2.58 bits per heavy atom. The van der Waals surface area contributed by atoms with E-state index in [-0.39, 0.29) is 5.82 Å². The van der Waals surface area contributed by atoms with Gasteiger partial charge in [-0.25, -0.2) is 9.38 Å². The van der Waals surface area contributed by atoms with Crippen molar-refractivity contribution in [2.75, 3.05) is 7.11 Å². The number of ether oxygens (including phenoxy) is 2. The van der Waals surface area contributed by atoms with Crippen LogP contribution in [-0.2, 0) is 13.2 Å². The second-order valence-electron chi connectivity index (χ2n) is 10.1. The number of halogens is 1. The third kappa shape index (κ3) is 5.36. The maximum Gasteiger partial charge on any atom is 0.138 e. The summed E-state index contributed by atoms with van der Waals surface area (Å²) < 4.78 is 25.7. The van der Waals surface area contributed by atoms with Gasteiger partial charge in [0.25, 0.3) is 0 Å². The van der Waals surface area contributed by atoms with Gasteiger partial charge in [-0.3, -0.25) is 19.9 Å². The SMILES string of the molecule is COc1cc(F)cc(-c2cncc3[nH]c(C4=NC=NCc5cnc(-c6cncc(OCc7ccccc7)c6)cc54)cc23)c1. The van der Waals surface area contributed by atoms with Gasteiger partial charge in [-0.05, 0) is 41.5 Å². The Balaban J connectivity index is 1.25. The second kappa shape index (κ2) is 11.3. The topological polar surface area (TPSA) is 97.6 Å². The minimum atomic E-state index is -0.385. The molecule has 0 bridgehead atoms. The average Bonchev–Trinajstić information content (AvgIpc) is 3.37. The number of aliphatic imine (C=N–C) groups is 2. The molecule has 1 aliphatic heterocycles. The molecule has 4 aromatic heterocycles. The Hall–Kier alpha value is -5.70. The number of H-pyrrole nitrogens is 1. The van der Waals surface area contributed by atoms with E-state index in [1.165, 1.54) is 19.2 Å². The standard InChI is InChI=1S/C34H25FN6O2/c1-42-26-8-22(7-25(35)10-26)30-17-37-18-33-29(30)12-32(41-33)34-28-11-31(39-15-24(28)14-38-20-40-34)23-9-27(16-36-13-23)43-19-21-5-3-2-4-6-21/h2-13,15-18,20,41H,14,19H2,1H3. The first-order chi connectivity index (χ1) is 21.1. The second-order valence-corrected chi connectivity index (χ2v) is 10.1. The van der Waals surface area contributed by atoms with Crippen LogP contribution >= 0.6 is 0 Å². The molecule has 0 saturated heterocycles. The molecule has 0 spiro atoms. The number of aromatic amines is 1. The van der Waals surface area contributed by atoms with E-state index in [2.05, 4.69) is 19.9 Å². The molecule has 43 heavy (non-hydrogen) atoms. The quantitative estimate of drug-likeness (QED) is 0.229. The Kier molecular flexibility index (Phi) is 6.88. The van der Waals surface area contributed by atoms with E-state index in [1.54, 1.807) is 37.2 Å². The summed E-state index contributed by atoms with van der Waals surface area (Å²) in [6, 6.07) is 20.5. The van der Waals surface area contributed by atoms with Gasteiger partial charge in [-0.15, -0.1) is 0 Å². The van der Waals surface area contributed by atoms with Gasteiger partial charge in [0, 0.05) is 52.3 Å². The summed E-state index contributed by atoms with van der Waals surface area (Å²) in [5, 5.41) is 0.879. The molecule has 0 unspecified atom stereocenters. The van der Waals surface area contributed by atoms with Crippen LogP contribution in [0, 0.1) is 5.82 Å². The Morgan fingerprint density at radius 1 is 0.837 bits per heavy atom. The van der Waals surface area contributed by atoms with Gasteiger partial charge in [-0.2, -0.15) is 0 Å². The third-order valence-electron chi connectivity index (χ3n) is 7.25. The lowest BCUT2D eigenvalue weighted by Crippen LogP contribution is -2.08. The van der Waals surface area contributed by atoms with Gasteiger partial charge in [-0.1, -0.05) is 30.3 Å². The summed E-state index contributed by atoms with van der Waals surface area (Å²) in [5.41, 5.74) is 8.18. The highest BCUT2D eigenvalue weighted by atomic mass is 19.1. The molecule has 6 aromatic rings. The van der Waals surface area contributed by atoms with Crippen LogP contribution in [0.2, 0.25) is 0 Å². The molecule has 0 aliphatic carbocycles. The van der Waals surface area contributed by atoms with E-state index in [9.17, 15) is 4.39 Å². The molecule has 9 heteroatoms. The van der Waals surface area contributed by atoms with Crippen LogP contribution in [0.15, 0.2) is 108 Å². The molecule has 210 valence electrons. The van der Waals surface area contributed by atoms with Crippen molar-refractivity contribution in [2.24, 2.45) is 9.98 Å². The van der Waals surface area contributed by atoms with Crippen LogP contribution in [0.4, 0.5) is 4.39 Å². The first-order valence-electron chi connectivity index (χ1n) is 13.6. The molecule has 5 heterocycles. The highest BCUT2D eigenvalue weighted by Gasteiger charge is 2.19. The summed E-state index contributed by atoms with van der Waals surface area (Å²) in [6.07, 6.45) is 10.3. The van der Waals surface area contributed by atoms with Crippen molar-refractivity contribution in [1.82, 2.24) is 19.9 Å². The van der Waals surface area contributed by atoms with Crippen LogP contribution in [0.25, 0.3) is 33.3 Å². The zero-order valence-electron chi connectivity index (χ0n) is 23.2. The number of aromatic nitrogens is 4. The molecule has 0 amide bonds. The fraction of sp³-hybridized carbons (Fsp3) is 0.0882. The summed E-state index contributed by atoms with van der Waals surface area (Å²) >= 11 is 0. The molecule has 0 saturated carbocycles. The van der Waals surface area contributed by atoms with Gasteiger partial charge >= 0.3 is 0 Å². The number of pyridine rings is 3. The number of hydrogen-bond donors (Lipinski definition) is 1. The molecule has 0 radical (unpaired) electrons. The van der Waals surface area contributed by atoms with Crippen molar-refractivity contribution < 1.29 is 13.9 Å². The Labute approximate surface area is 246 Å². The minimum absolute atomic E-state index is 0.385. The van der Waals surface area contributed by atoms with Crippen molar-refractivity contribution >= 4 is 23.0 Å². The number of rotatable bonds is 7. The monoisotopic (exact) mass is 568 g/mol. The maximum absolute atomic E-state index is 14.4. The van der Waals surface area contributed by atoms with Gasteiger partial charge in [0.05, 0.1) is 48.7 Å². The highest BCUT2D eigenvalue weighted by molar-refractivity contribution is 6.18. The summed E-state index contributed by atoms with van der Waals surface area (Å²) in [4.78, 5) is 26.1. The van der Waals surface area contributed by atoms with Crippen LogP contribution < -0.4 is 9.47 Å². The lowest BCUT2D eigenvalue weighted by Gasteiger charge is -2.11. The molecule has 1 aliphatic rings. The average molecular weight is 569 g/mol. The Bertz CT molecular complexity index is 2020. The van der Waals surface area contributed by atoms with Crippen molar-refractivity contribution in [3.63, 3.8) is 0 Å². The summed E-state index contributed by atoms with van der Waals surface area (Å²) in [7, 11) is 1.52. The van der Waals surface area contributed by atoms with Crippen molar-refractivity contribution in [3.8, 4) is 33.9 Å². The van der Waals surface area contributed by atoms with Crippen LogP contribution in [0.5, 0.6) is 11.5 Å². The van der Waals surface area contributed by atoms with E-state index in [0.29, 0.717) is 35.9 Å². The smallest absolute Gasteiger partial charge is 0.138 e. The van der Waals surface area contributed by atoms with Gasteiger partial charge in [0.2, 0.25) is 0 Å². The van der Waals surface area contributed by atoms with Crippen molar-refractivity contribution in [2.45, 2.75) is 13.2 Å². The number of hydrogen-bond acceptors (Lipinski definition) is 7. The van der Waals surface area contributed by atoms with Crippen LogP contribution in [0.1, 0.15) is 22.4 Å². The molecular weight excluding hydrogens is 543 g/mol. The summed E-state index contributed by atoms with van der Waals surface area (Å²) in [6.45, 7) is 0.890. The Morgan fingerprint density at radius 2 is 1.70 bits per heavy atom. The molecule has 8 nitrogen and oxygen atoms in total. The molecule has 0 fully saturated rings.